The predicted octanol–water partition coefficient (Wildman–Crippen LogP) is 2.74. The number of hydrogen-bond donors (Lipinski definition) is 0. The lowest BCUT2D eigenvalue weighted by Gasteiger charge is -2.40. The number of anilines is 1. The quantitative estimate of drug-likeness (QED) is 0.792. The number of fused-ring (bicyclic) bond motifs is 2. The van der Waals surface area contributed by atoms with Crippen molar-refractivity contribution in [3.05, 3.63) is 29.3 Å². The normalized spacial score (nSPS) is 25.8. The second-order valence-corrected chi connectivity index (χ2v) is 8.08. The molecule has 4 rings (SSSR count). The van der Waals surface area contributed by atoms with Crippen LogP contribution in [0.2, 0.25) is 0 Å². The minimum Gasteiger partial charge on any atom is -0.469 e. The van der Waals surface area contributed by atoms with Crippen LogP contribution in [0, 0.1) is 0 Å². The number of benzene rings is 1. The maximum atomic E-state index is 13.3. The van der Waals surface area contributed by atoms with E-state index in [4.69, 9.17) is 9.47 Å². The molecule has 1 amide bonds. The van der Waals surface area contributed by atoms with E-state index in [2.05, 4.69) is 13.8 Å². The monoisotopic (exact) mass is 343 g/mol. The Balaban J connectivity index is 1.75. The summed E-state index contributed by atoms with van der Waals surface area (Å²) in [6.07, 6.45) is 3.66. The fraction of sp³-hybridized carbons (Fsp3) is 0.600. The predicted molar refractivity (Wildman–Crippen MR) is 93.6 cm³/mol. The van der Waals surface area contributed by atoms with Crippen LogP contribution in [-0.2, 0) is 30.9 Å². The first-order valence-electron chi connectivity index (χ1n) is 9.05. The third kappa shape index (κ3) is 2.56. The van der Waals surface area contributed by atoms with Crippen LogP contribution in [0.3, 0.4) is 0 Å². The summed E-state index contributed by atoms with van der Waals surface area (Å²) in [6.45, 7) is 4.84. The molecule has 3 aliphatic rings. The van der Waals surface area contributed by atoms with Gasteiger partial charge in [-0.2, -0.15) is 0 Å². The number of carbonyl (C=O) groups is 2. The molecular weight excluding hydrogens is 318 g/mol. The van der Waals surface area contributed by atoms with Gasteiger partial charge in [-0.1, -0.05) is 12.1 Å². The maximum Gasteiger partial charge on any atom is 0.309 e. The molecule has 0 N–H and O–H groups in total. The third-order valence-electron chi connectivity index (χ3n) is 5.84. The van der Waals surface area contributed by atoms with Gasteiger partial charge < -0.3 is 14.4 Å². The van der Waals surface area contributed by atoms with Crippen LogP contribution in [0.5, 0.6) is 0 Å². The minimum atomic E-state index is -0.400. The molecule has 2 heterocycles. The summed E-state index contributed by atoms with van der Waals surface area (Å²) in [7, 11) is 1.40. The van der Waals surface area contributed by atoms with Crippen molar-refractivity contribution in [1.29, 1.82) is 0 Å². The highest BCUT2D eigenvalue weighted by molar-refractivity contribution is 6.11. The average Bonchev–Trinajstić information content (AvgIpc) is 3.31. The number of nitrogens with zero attached hydrogens (tertiary/aromatic N) is 1. The molecule has 5 nitrogen and oxygen atoms in total. The van der Waals surface area contributed by atoms with Gasteiger partial charge in [0.2, 0.25) is 5.91 Å². The zero-order valence-electron chi connectivity index (χ0n) is 15.1. The standard InChI is InChI=1S/C20H25NO4/c1-19(2)12-14(7-10-25-19)21-15-6-4-5-13(11-16(22)24-3)17(15)20(8-9-20)18(21)23/h4-6,14H,7-12H2,1-3H3/t14-/m1/s1. The van der Waals surface area contributed by atoms with Crippen LogP contribution in [0.4, 0.5) is 5.69 Å². The summed E-state index contributed by atoms with van der Waals surface area (Å²) in [6, 6.07) is 6.09. The van der Waals surface area contributed by atoms with Gasteiger partial charge in [0.25, 0.3) is 0 Å². The van der Waals surface area contributed by atoms with Crippen molar-refractivity contribution in [1.82, 2.24) is 0 Å². The second-order valence-electron chi connectivity index (χ2n) is 8.08. The van der Waals surface area contributed by atoms with E-state index in [1.807, 2.05) is 23.1 Å². The fourth-order valence-corrected chi connectivity index (χ4v) is 4.53. The highest BCUT2D eigenvalue weighted by atomic mass is 16.5. The van der Waals surface area contributed by atoms with Crippen molar-refractivity contribution < 1.29 is 19.1 Å². The van der Waals surface area contributed by atoms with E-state index in [1.54, 1.807) is 0 Å². The van der Waals surface area contributed by atoms with Crippen molar-refractivity contribution in [2.75, 3.05) is 18.6 Å². The molecule has 1 atom stereocenters. The van der Waals surface area contributed by atoms with Gasteiger partial charge in [-0.25, -0.2) is 0 Å². The van der Waals surface area contributed by atoms with Gasteiger partial charge >= 0.3 is 5.97 Å². The lowest BCUT2D eigenvalue weighted by molar-refractivity contribution is -0.139. The van der Waals surface area contributed by atoms with Gasteiger partial charge in [-0.3, -0.25) is 9.59 Å². The molecule has 0 radical (unpaired) electrons. The van der Waals surface area contributed by atoms with Crippen molar-refractivity contribution >= 4 is 17.6 Å². The van der Waals surface area contributed by atoms with Gasteiger partial charge in [0.15, 0.2) is 0 Å². The molecule has 1 spiro atoms. The summed E-state index contributed by atoms with van der Waals surface area (Å²) in [5.74, 6) is -0.0511. The molecule has 1 aliphatic carbocycles. The topological polar surface area (TPSA) is 55.8 Å². The average molecular weight is 343 g/mol. The number of hydrogen-bond acceptors (Lipinski definition) is 4. The molecule has 0 unspecified atom stereocenters. The summed E-state index contributed by atoms with van der Waals surface area (Å²) in [5.41, 5.74) is 2.37. The molecule has 1 aromatic rings. The van der Waals surface area contributed by atoms with Crippen LogP contribution < -0.4 is 4.90 Å². The Morgan fingerprint density at radius 1 is 1.36 bits per heavy atom. The zero-order chi connectivity index (χ0) is 17.8. The number of methoxy groups -OCH3 is 1. The molecular formula is C20H25NO4. The SMILES string of the molecule is COC(=O)Cc1cccc2c1C1(CC1)C(=O)N2[C@@H]1CCOC(C)(C)C1. The molecule has 1 saturated carbocycles. The smallest absolute Gasteiger partial charge is 0.309 e. The van der Waals surface area contributed by atoms with Gasteiger partial charge in [-0.15, -0.1) is 0 Å². The van der Waals surface area contributed by atoms with Crippen molar-refractivity contribution in [2.45, 2.75) is 63.0 Å². The van der Waals surface area contributed by atoms with Crippen LogP contribution >= 0.6 is 0 Å². The first-order valence-corrected chi connectivity index (χ1v) is 9.05. The number of carbonyl (C=O) groups excluding carboxylic acids is 2. The number of amides is 1. The molecule has 25 heavy (non-hydrogen) atoms. The number of ether oxygens (including phenoxy) is 2. The first kappa shape index (κ1) is 16.6. The van der Waals surface area contributed by atoms with Crippen molar-refractivity contribution in [3.63, 3.8) is 0 Å². The summed E-state index contributed by atoms with van der Waals surface area (Å²) >= 11 is 0. The zero-order valence-corrected chi connectivity index (χ0v) is 15.1. The van der Waals surface area contributed by atoms with E-state index >= 15 is 0 Å². The van der Waals surface area contributed by atoms with Gasteiger partial charge in [-0.05, 0) is 56.7 Å². The van der Waals surface area contributed by atoms with Crippen LogP contribution in [0.1, 0.15) is 50.7 Å². The Morgan fingerprint density at radius 2 is 2.12 bits per heavy atom. The van der Waals surface area contributed by atoms with Crippen LogP contribution in [0.25, 0.3) is 0 Å². The van der Waals surface area contributed by atoms with E-state index < -0.39 is 5.41 Å². The highest BCUT2D eigenvalue weighted by Gasteiger charge is 2.61. The molecule has 1 aromatic carbocycles. The first-order chi connectivity index (χ1) is 11.9. The second kappa shape index (κ2) is 5.56. The van der Waals surface area contributed by atoms with E-state index in [9.17, 15) is 9.59 Å². The number of rotatable bonds is 3. The van der Waals surface area contributed by atoms with Crippen LogP contribution in [-0.4, -0.2) is 37.2 Å². The lowest BCUT2D eigenvalue weighted by atomic mass is 9.91. The summed E-state index contributed by atoms with van der Waals surface area (Å²) in [5, 5.41) is 0. The minimum absolute atomic E-state index is 0.156. The molecule has 134 valence electrons. The number of esters is 1. The third-order valence-corrected chi connectivity index (χ3v) is 5.84. The Morgan fingerprint density at radius 3 is 2.76 bits per heavy atom. The lowest BCUT2D eigenvalue weighted by Crippen LogP contribution is -2.48. The maximum absolute atomic E-state index is 13.3. The van der Waals surface area contributed by atoms with E-state index in [0.29, 0.717) is 6.61 Å². The van der Waals surface area contributed by atoms with Gasteiger partial charge in [0, 0.05) is 18.3 Å². The Bertz CT molecular complexity index is 735. The van der Waals surface area contributed by atoms with E-state index in [0.717, 1.165) is 42.5 Å². The van der Waals surface area contributed by atoms with Gasteiger partial charge in [0.1, 0.15) is 0 Å². The van der Waals surface area contributed by atoms with E-state index in [-0.39, 0.29) is 29.9 Å². The van der Waals surface area contributed by atoms with E-state index in [1.165, 1.54) is 7.11 Å². The summed E-state index contributed by atoms with van der Waals surface area (Å²) < 4.78 is 10.7. The Hall–Kier alpha value is -1.88. The van der Waals surface area contributed by atoms with Crippen molar-refractivity contribution in [2.24, 2.45) is 0 Å². The Labute approximate surface area is 148 Å². The molecule has 2 aliphatic heterocycles. The molecule has 2 fully saturated rings. The largest absolute Gasteiger partial charge is 0.469 e. The molecule has 0 aromatic heterocycles. The van der Waals surface area contributed by atoms with Gasteiger partial charge in [0.05, 0.1) is 24.5 Å². The molecule has 1 saturated heterocycles. The summed E-state index contributed by atoms with van der Waals surface area (Å²) in [4.78, 5) is 27.2. The van der Waals surface area contributed by atoms with Crippen LogP contribution in [0.15, 0.2) is 18.2 Å². The fourth-order valence-electron chi connectivity index (χ4n) is 4.53. The molecule has 5 heteroatoms. The highest BCUT2D eigenvalue weighted by Crippen LogP contribution is 2.59. The molecule has 0 bridgehead atoms. The van der Waals surface area contributed by atoms with Crippen molar-refractivity contribution in [3.8, 4) is 0 Å². The Kier molecular flexibility index (Phi) is 3.69.